The third kappa shape index (κ3) is 70.9. The number of ether oxygens (including phenoxy) is 4. The minimum atomic E-state index is -4.97. The molecule has 3 N–H and O–H groups in total. The summed E-state index contributed by atoms with van der Waals surface area (Å²) in [5.41, 5.74) is 0. The largest absolute Gasteiger partial charge is 0.472 e. The van der Waals surface area contributed by atoms with Crippen molar-refractivity contribution in [2.75, 3.05) is 39.6 Å². The van der Waals surface area contributed by atoms with Gasteiger partial charge in [-0.1, -0.05) is 306 Å². The van der Waals surface area contributed by atoms with E-state index in [4.69, 9.17) is 37.0 Å². The fourth-order valence-corrected chi connectivity index (χ4v) is 12.4. The van der Waals surface area contributed by atoms with E-state index in [1.165, 1.54) is 103 Å². The zero-order chi connectivity index (χ0) is 71.8. The molecular weight excluding hydrogens is 1280 g/mol. The molecule has 0 saturated carbocycles. The highest BCUT2D eigenvalue weighted by Gasteiger charge is 2.30. The highest BCUT2D eigenvalue weighted by Crippen LogP contribution is 2.45. The van der Waals surface area contributed by atoms with E-state index in [9.17, 15) is 43.2 Å². The number of rotatable bonds is 74. The molecule has 19 heteroatoms. The van der Waals surface area contributed by atoms with Crippen LogP contribution in [-0.4, -0.2) is 96.7 Å². The fraction of sp³-hybridized carbons (Fsp3) is 0.797. The maximum Gasteiger partial charge on any atom is 0.472 e. The van der Waals surface area contributed by atoms with Gasteiger partial charge >= 0.3 is 39.5 Å². The Kier molecular flexibility index (Phi) is 69.3. The van der Waals surface area contributed by atoms with Gasteiger partial charge < -0.3 is 33.8 Å². The van der Waals surface area contributed by atoms with Crippen molar-refractivity contribution >= 4 is 39.5 Å². The molecule has 0 aliphatic carbocycles. The van der Waals surface area contributed by atoms with Crippen molar-refractivity contribution in [3.05, 3.63) is 72.9 Å². The third-order valence-electron chi connectivity index (χ3n) is 16.7. The number of aliphatic hydroxyl groups excluding tert-OH is 1. The Morgan fingerprint density at radius 2 is 0.531 bits per heavy atom. The standard InChI is InChI=1S/C79H142O17P2/c1-5-9-13-17-21-25-29-32-35-36-39-41-45-48-52-56-60-64-77(82)89-69-74(95-78(83)65-61-57-53-49-43-28-24-20-16-12-8-4)71-93-97(85,86)91-67-73(80)68-92-98(87,88)94-72-75(96-79(84)66-62-58-54-50-46-42-38-34-31-27-23-19-15-11-7-3)70-90-76(81)63-59-55-51-47-44-40-37-33-30-26-22-18-14-10-6-2/h9-10,13-14,21-22,25-26,32-33,35,37,73-75,80H,5-8,11-12,15-20,23-24,27-31,34,36,38-72H2,1-4H3,(H,85,86)(H,87,88)/b13-9-,14-10-,25-21-,26-22-,35-32-,37-33-. The summed E-state index contributed by atoms with van der Waals surface area (Å²) >= 11 is 0. The Balaban J connectivity index is 5.30. The molecule has 5 atom stereocenters. The molecule has 0 amide bonds. The lowest BCUT2D eigenvalue weighted by atomic mass is 10.0. The van der Waals surface area contributed by atoms with Crippen LogP contribution in [0.1, 0.15) is 349 Å². The van der Waals surface area contributed by atoms with E-state index < -0.39 is 97.5 Å². The lowest BCUT2D eigenvalue weighted by Crippen LogP contribution is -2.30. The molecule has 0 radical (unpaired) electrons. The summed E-state index contributed by atoms with van der Waals surface area (Å²) in [6.07, 6.45) is 71.7. The Morgan fingerprint density at radius 1 is 0.296 bits per heavy atom. The second-order valence-electron chi connectivity index (χ2n) is 26.3. The maximum atomic E-state index is 13.1. The first-order valence-electron chi connectivity index (χ1n) is 39.2. The zero-order valence-corrected chi connectivity index (χ0v) is 64.0. The van der Waals surface area contributed by atoms with Crippen LogP contribution < -0.4 is 0 Å². The summed E-state index contributed by atoms with van der Waals surface area (Å²) in [4.78, 5) is 72.9. The number of carbonyl (C=O) groups is 4. The van der Waals surface area contributed by atoms with E-state index >= 15 is 0 Å². The van der Waals surface area contributed by atoms with Crippen molar-refractivity contribution in [1.82, 2.24) is 0 Å². The predicted molar refractivity (Wildman–Crippen MR) is 400 cm³/mol. The number of phosphoric acid groups is 2. The molecule has 0 aromatic rings. The number of esters is 4. The molecule has 0 aliphatic heterocycles. The average Bonchev–Trinajstić information content (AvgIpc) is 0.986. The molecule has 0 aliphatic rings. The Bertz CT molecular complexity index is 2140. The van der Waals surface area contributed by atoms with Gasteiger partial charge in [0.05, 0.1) is 26.4 Å². The highest BCUT2D eigenvalue weighted by molar-refractivity contribution is 7.47. The molecule has 0 saturated heterocycles. The number of aliphatic hydroxyl groups is 1. The van der Waals surface area contributed by atoms with Crippen LogP contribution in [0.2, 0.25) is 0 Å². The molecule has 5 unspecified atom stereocenters. The molecule has 0 bridgehead atoms. The Hall–Kier alpha value is -3.50. The first kappa shape index (κ1) is 94.5. The summed E-state index contributed by atoms with van der Waals surface area (Å²) in [5.74, 6) is -2.17. The normalized spacial score (nSPS) is 14.3. The molecule has 98 heavy (non-hydrogen) atoms. The lowest BCUT2D eigenvalue weighted by Gasteiger charge is -2.21. The van der Waals surface area contributed by atoms with Crippen LogP contribution in [0.4, 0.5) is 0 Å². The van der Waals surface area contributed by atoms with Gasteiger partial charge in [-0.3, -0.25) is 37.3 Å². The minimum Gasteiger partial charge on any atom is -0.462 e. The molecule has 0 aromatic carbocycles. The number of carbonyl (C=O) groups excluding carboxylic acids is 4. The van der Waals surface area contributed by atoms with Gasteiger partial charge in [0.2, 0.25) is 0 Å². The van der Waals surface area contributed by atoms with Crippen molar-refractivity contribution in [1.29, 1.82) is 0 Å². The molecule has 0 heterocycles. The van der Waals surface area contributed by atoms with Crippen LogP contribution in [0.3, 0.4) is 0 Å². The predicted octanol–water partition coefficient (Wildman–Crippen LogP) is 22.4. The molecule has 570 valence electrons. The zero-order valence-electron chi connectivity index (χ0n) is 62.2. The third-order valence-corrected chi connectivity index (χ3v) is 18.6. The average molecular weight is 1430 g/mol. The first-order valence-corrected chi connectivity index (χ1v) is 42.2. The number of allylic oxidation sites excluding steroid dienone is 12. The molecule has 0 fully saturated rings. The summed E-state index contributed by atoms with van der Waals surface area (Å²) in [6, 6.07) is 0. The fourth-order valence-electron chi connectivity index (χ4n) is 10.8. The first-order chi connectivity index (χ1) is 47.7. The van der Waals surface area contributed by atoms with Crippen molar-refractivity contribution in [3.63, 3.8) is 0 Å². The molecule has 0 rings (SSSR count). The van der Waals surface area contributed by atoms with E-state index in [2.05, 4.69) is 101 Å². The van der Waals surface area contributed by atoms with Crippen LogP contribution in [-0.2, 0) is 65.4 Å². The smallest absolute Gasteiger partial charge is 0.462 e. The topological polar surface area (TPSA) is 237 Å². The van der Waals surface area contributed by atoms with E-state index in [0.717, 1.165) is 167 Å². The van der Waals surface area contributed by atoms with Gasteiger partial charge in [-0.05, 0) is 89.9 Å². The maximum absolute atomic E-state index is 13.1. The summed E-state index contributed by atoms with van der Waals surface area (Å²) in [7, 11) is -9.94. The molecule has 0 aromatic heterocycles. The summed E-state index contributed by atoms with van der Waals surface area (Å²) < 4.78 is 68.5. The van der Waals surface area contributed by atoms with Crippen LogP contribution >= 0.6 is 15.6 Å². The van der Waals surface area contributed by atoms with E-state index in [-0.39, 0.29) is 25.7 Å². The van der Waals surface area contributed by atoms with Crippen LogP contribution in [0.15, 0.2) is 72.9 Å². The number of hydrogen-bond acceptors (Lipinski definition) is 15. The van der Waals surface area contributed by atoms with Crippen molar-refractivity contribution in [3.8, 4) is 0 Å². The van der Waals surface area contributed by atoms with Gasteiger partial charge in [0.1, 0.15) is 19.3 Å². The van der Waals surface area contributed by atoms with Crippen molar-refractivity contribution in [2.45, 2.75) is 367 Å². The van der Waals surface area contributed by atoms with Gasteiger partial charge in [0.25, 0.3) is 0 Å². The molecular formula is C79H142O17P2. The van der Waals surface area contributed by atoms with Gasteiger partial charge in [0.15, 0.2) is 12.2 Å². The number of phosphoric ester groups is 2. The van der Waals surface area contributed by atoms with Crippen LogP contribution in [0, 0.1) is 0 Å². The second-order valence-corrected chi connectivity index (χ2v) is 29.2. The Labute approximate surface area is 596 Å². The van der Waals surface area contributed by atoms with Gasteiger partial charge in [-0.15, -0.1) is 0 Å². The minimum absolute atomic E-state index is 0.0971. The number of unbranched alkanes of at least 4 members (excludes halogenated alkanes) is 36. The molecule has 17 nitrogen and oxygen atoms in total. The lowest BCUT2D eigenvalue weighted by molar-refractivity contribution is -0.161. The van der Waals surface area contributed by atoms with Crippen molar-refractivity contribution in [2.24, 2.45) is 0 Å². The van der Waals surface area contributed by atoms with Gasteiger partial charge in [-0.25, -0.2) is 9.13 Å². The van der Waals surface area contributed by atoms with E-state index in [1.807, 2.05) is 0 Å². The van der Waals surface area contributed by atoms with Gasteiger partial charge in [-0.2, -0.15) is 0 Å². The molecule has 0 spiro atoms. The van der Waals surface area contributed by atoms with E-state index in [1.54, 1.807) is 0 Å². The van der Waals surface area contributed by atoms with E-state index in [0.29, 0.717) is 25.7 Å². The van der Waals surface area contributed by atoms with Crippen molar-refractivity contribution < 1.29 is 80.2 Å². The quantitative estimate of drug-likeness (QED) is 0.0169. The summed E-state index contributed by atoms with van der Waals surface area (Å²) in [6.45, 7) is 4.68. The monoisotopic (exact) mass is 1420 g/mol. The highest BCUT2D eigenvalue weighted by atomic mass is 31.2. The summed E-state index contributed by atoms with van der Waals surface area (Å²) in [5, 5.41) is 10.6. The second kappa shape index (κ2) is 71.9. The van der Waals surface area contributed by atoms with Gasteiger partial charge in [0, 0.05) is 25.7 Å². The SMILES string of the molecule is CC/C=C\C/C=C\C/C=C\CCCCCCCCCC(=O)OCC(COP(=O)(O)OCC(O)COP(=O)(O)OCC(COC(=O)CCCCCCC/C=C\C/C=C\C/C=C\CC)OC(=O)CCCCCCCCCCCCCCCCC)OC(=O)CCCCCCCCCCCCC. The van der Waals surface area contributed by atoms with Crippen LogP contribution in [0.5, 0.6) is 0 Å². The van der Waals surface area contributed by atoms with Crippen LogP contribution in [0.25, 0.3) is 0 Å². The Morgan fingerprint density at radius 3 is 0.816 bits per heavy atom. The number of hydrogen-bond donors (Lipinski definition) is 3.